The molecule has 5 nitrogen and oxygen atoms in total. The fourth-order valence-electron chi connectivity index (χ4n) is 3.39. The quantitative estimate of drug-likeness (QED) is 0.565. The number of nitrogens with zero attached hydrogens (tertiary/aromatic N) is 2. The number of carbonyl (C=O) groups excluding carboxylic acids is 2. The van der Waals surface area contributed by atoms with Gasteiger partial charge in [-0.25, -0.2) is 0 Å². The Kier molecular flexibility index (Phi) is 7.31. The maximum absolute atomic E-state index is 12.9. The maximum atomic E-state index is 12.9. The molecule has 0 spiro atoms. The highest BCUT2D eigenvalue weighted by atomic mass is 32.2. The van der Waals surface area contributed by atoms with Crippen molar-refractivity contribution in [3.8, 4) is 6.07 Å². The minimum atomic E-state index is -0.227. The summed E-state index contributed by atoms with van der Waals surface area (Å²) >= 11 is 1.56. The molecule has 1 fully saturated rings. The van der Waals surface area contributed by atoms with Gasteiger partial charge in [-0.2, -0.15) is 5.26 Å². The molecule has 1 heterocycles. The van der Waals surface area contributed by atoms with Gasteiger partial charge in [0.25, 0.3) is 5.91 Å². The molecule has 1 aliphatic heterocycles. The summed E-state index contributed by atoms with van der Waals surface area (Å²) in [5.74, 6) is 0.385. The Balaban J connectivity index is 1.64. The van der Waals surface area contributed by atoms with Crippen molar-refractivity contribution >= 4 is 29.3 Å². The zero-order valence-corrected chi connectivity index (χ0v) is 17.4. The summed E-state index contributed by atoms with van der Waals surface area (Å²) in [6.45, 7) is 3.10. The molecule has 2 amide bonds. The lowest BCUT2D eigenvalue weighted by atomic mass is 9.96. The van der Waals surface area contributed by atoms with Crippen LogP contribution in [-0.2, 0) is 4.79 Å². The first-order valence-corrected chi connectivity index (χ1v) is 10.8. The average Bonchev–Trinajstić information content (AvgIpc) is 2.75. The zero-order chi connectivity index (χ0) is 20.6. The lowest BCUT2D eigenvalue weighted by molar-refractivity contribution is -0.121. The Hall–Kier alpha value is -2.78. The predicted molar refractivity (Wildman–Crippen MR) is 116 cm³/mol. The van der Waals surface area contributed by atoms with Gasteiger partial charge in [0.2, 0.25) is 5.91 Å². The monoisotopic (exact) mass is 407 g/mol. The topological polar surface area (TPSA) is 73.2 Å². The highest BCUT2D eigenvalue weighted by molar-refractivity contribution is 7.99. The number of nitrogens with one attached hydrogen (secondary N) is 1. The molecule has 1 atom stereocenters. The second-order valence-corrected chi connectivity index (χ2v) is 8.34. The van der Waals surface area contributed by atoms with E-state index in [1.54, 1.807) is 16.7 Å². The van der Waals surface area contributed by atoms with Crippen molar-refractivity contribution in [3.63, 3.8) is 0 Å². The summed E-state index contributed by atoms with van der Waals surface area (Å²) in [4.78, 5) is 28.4. The molecule has 6 heteroatoms. The van der Waals surface area contributed by atoms with Crippen LogP contribution in [0, 0.1) is 24.2 Å². The predicted octanol–water partition coefficient (Wildman–Crippen LogP) is 4.49. The summed E-state index contributed by atoms with van der Waals surface area (Å²) in [6.07, 6.45) is 2.05. The Morgan fingerprint density at radius 1 is 1.21 bits per heavy atom. The number of aryl methyl sites for hydroxylation is 1. The average molecular weight is 408 g/mol. The number of hydrogen-bond acceptors (Lipinski definition) is 4. The summed E-state index contributed by atoms with van der Waals surface area (Å²) in [6, 6.07) is 17.3. The number of piperidine rings is 1. The number of carbonyl (C=O) groups is 2. The van der Waals surface area contributed by atoms with Gasteiger partial charge in [0.1, 0.15) is 0 Å². The Morgan fingerprint density at radius 2 is 1.97 bits per heavy atom. The van der Waals surface area contributed by atoms with Crippen LogP contribution in [0.3, 0.4) is 0 Å². The van der Waals surface area contributed by atoms with Crippen LogP contribution < -0.4 is 5.32 Å². The third-order valence-electron chi connectivity index (χ3n) is 4.99. The molecule has 1 unspecified atom stereocenters. The first-order valence-electron chi connectivity index (χ1n) is 9.84. The molecule has 0 aromatic heterocycles. The number of anilines is 1. The van der Waals surface area contributed by atoms with Crippen LogP contribution in [0.5, 0.6) is 0 Å². The third-order valence-corrected chi connectivity index (χ3v) is 6.07. The third kappa shape index (κ3) is 5.61. The summed E-state index contributed by atoms with van der Waals surface area (Å²) in [7, 11) is 0. The van der Waals surface area contributed by atoms with E-state index in [2.05, 4.69) is 11.4 Å². The molecule has 0 aliphatic carbocycles. The maximum Gasteiger partial charge on any atom is 0.253 e. The molecule has 2 aromatic rings. The smallest absolute Gasteiger partial charge is 0.253 e. The summed E-state index contributed by atoms with van der Waals surface area (Å²) in [5, 5.41) is 11.8. The normalized spacial score (nSPS) is 16.1. The number of likely N-dealkylation sites (tertiary alicyclic amines) is 1. The van der Waals surface area contributed by atoms with E-state index in [1.165, 1.54) is 0 Å². The number of para-hydroxylation sites is 1. The van der Waals surface area contributed by atoms with Crippen molar-refractivity contribution in [2.24, 2.45) is 5.92 Å². The lowest BCUT2D eigenvalue weighted by Crippen LogP contribution is -2.43. The number of hydrogen-bond donors (Lipinski definition) is 1. The first kappa shape index (κ1) is 20.9. The largest absolute Gasteiger partial charge is 0.338 e. The van der Waals surface area contributed by atoms with Gasteiger partial charge in [-0.15, -0.1) is 11.8 Å². The van der Waals surface area contributed by atoms with Gasteiger partial charge in [0.05, 0.1) is 17.7 Å². The molecule has 0 saturated carbocycles. The van der Waals surface area contributed by atoms with Crippen molar-refractivity contribution in [2.45, 2.75) is 31.1 Å². The Bertz CT molecular complexity index is 905. The van der Waals surface area contributed by atoms with Gasteiger partial charge in [-0.1, -0.05) is 29.8 Å². The van der Waals surface area contributed by atoms with Crippen LogP contribution in [-0.4, -0.2) is 35.6 Å². The lowest BCUT2D eigenvalue weighted by Gasteiger charge is -2.32. The Labute approximate surface area is 176 Å². The van der Waals surface area contributed by atoms with Crippen molar-refractivity contribution < 1.29 is 9.59 Å². The van der Waals surface area contributed by atoms with E-state index >= 15 is 0 Å². The van der Waals surface area contributed by atoms with E-state index in [1.807, 2.05) is 55.5 Å². The number of nitriles is 1. The van der Waals surface area contributed by atoms with Crippen LogP contribution in [0.15, 0.2) is 53.4 Å². The van der Waals surface area contributed by atoms with E-state index in [-0.39, 0.29) is 17.7 Å². The van der Waals surface area contributed by atoms with E-state index in [4.69, 9.17) is 5.26 Å². The van der Waals surface area contributed by atoms with Crippen LogP contribution in [0.25, 0.3) is 0 Å². The van der Waals surface area contributed by atoms with E-state index in [0.717, 1.165) is 29.0 Å². The number of amides is 2. The molecular weight excluding hydrogens is 382 g/mol. The fourth-order valence-corrected chi connectivity index (χ4v) is 4.25. The van der Waals surface area contributed by atoms with Gasteiger partial charge in [-0.05, 0) is 44.0 Å². The molecule has 150 valence electrons. The fraction of sp³-hybridized carbons (Fsp3) is 0.348. The second kappa shape index (κ2) is 10.1. The molecule has 1 aliphatic rings. The molecule has 3 rings (SSSR count). The van der Waals surface area contributed by atoms with Gasteiger partial charge >= 0.3 is 0 Å². The molecule has 1 N–H and O–H groups in total. The SMILES string of the molecule is Cc1ccc(C(=O)N2CCCC(C(=O)Nc3ccccc3SCCC#N)C2)cc1. The number of benzene rings is 2. The van der Waals surface area contributed by atoms with E-state index < -0.39 is 0 Å². The van der Waals surface area contributed by atoms with Gasteiger partial charge < -0.3 is 10.2 Å². The standard InChI is InChI=1S/C23H25N3O2S/c1-17-9-11-18(12-10-17)23(28)26-14-4-6-19(16-26)22(27)25-20-7-2-3-8-21(20)29-15-5-13-24/h2-3,7-12,19H,4-6,14-16H2,1H3,(H,25,27). The highest BCUT2D eigenvalue weighted by Gasteiger charge is 2.29. The minimum Gasteiger partial charge on any atom is -0.338 e. The molecule has 1 saturated heterocycles. The minimum absolute atomic E-state index is 0.0186. The van der Waals surface area contributed by atoms with Crippen molar-refractivity contribution in [2.75, 3.05) is 24.2 Å². The van der Waals surface area contributed by atoms with Gasteiger partial charge in [0.15, 0.2) is 0 Å². The summed E-state index contributed by atoms with van der Waals surface area (Å²) in [5.41, 5.74) is 2.54. The van der Waals surface area contributed by atoms with E-state index in [9.17, 15) is 9.59 Å². The van der Waals surface area contributed by atoms with Crippen molar-refractivity contribution in [1.82, 2.24) is 4.90 Å². The number of thioether (sulfide) groups is 1. The van der Waals surface area contributed by atoms with Crippen molar-refractivity contribution in [1.29, 1.82) is 5.26 Å². The number of rotatable bonds is 6. The van der Waals surface area contributed by atoms with Gasteiger partial charge in [-0.3, -0.25) is 9.59 Å². The van der Waals surface area contributed by atoms with Gasteiger partial charge in [0, 0.05) is 35.7 Å². The van der Waals surface area contributed by atoms with Crippen LogP contribution >= 0.6 is 11.8 Å². The van der Waals surface area contributed by atoms with Crippen LogP contribution in [0.1, 0.15) is 35.2 Å². The Morgan fingerprint density at radius 3 is 2.72 bits per heavy atom. The molecular formula is C23H25N3O2S. The second-order valence-electron chi connectivity index (χ2n) is 7.20. The van der Waals surface area contributed by atoms with Crippen molar-refractivity contribution in [3.05, 3.63) is 59.7 Å². The molecule has 29 heavy (non-hydrogen) atoms. The van der Waals surface area contributed by atoms with Crippen LogP contribution in [0.2, 0.25) is 0 Å². The molecule has 2 aromatic carbocycles. The molecule has 0 radical (unpaired) electrons. The molecule has 0 bridgehead atoms. The van der Waals surface area contributed by atoms with Crippen LogP contribution in [0.4, 0.5) is 5.69 Å². The van der Waals surface area contributed by atoms with E-state index in [0.29, 0.717) is 30.8 Å². The zero-order valence-electron chi connectivity index (χ0n) is 16.6. The summed E-state index contributed by atoms with van der Waals surface area (Å²) < 4.78 is 0. The first-order chi connectivity index (χ1) is 14.1. The highest BCUT2D eigenvalue weighted by Crippen LogP contribution is 2.29.